The van der Waals surface area contributed by atoms with Crippen molar-refractivity contribution in [2.45, 2.75) is 37.8 Å². The smallest absolute Gasteiger partial charge is 0.389 e. The SMILES string of the molecule is CC[C@H](NC(=O)c1cn(-c2c(F)cccc2F)c2nc(N3C[C@@H](O)[C@H](O)C3)ccc2c1=O)C(F)(F)F. The molecule has 36 heavy (non-hydrogen) atoms. The second-order valence-corrected chi connectivity index (χ2v) is 8.37. The number of carbonyl (C=O) groups excluding carboxylic acids is 1. The van der Waals surface area contributed by atoms with Gasteiger partial charge in [0.2, 0.25) is 5.43 Å². The summed E-state index contributed by atoms with van der Waals surface area (Å²) in [5.41, 5.74) is -2.75. The number of benzene rings is 1. The largest absolute Gasteiger partial charge is 0.408 e. The molecule has 0 unspecified atom stereocenters. The number of nitrogens with zero attached hydrogens (tertiary/aromatic N) is 3. The van der Waals surface area contributed by atoms with Crippen LogP contribution in [0.2, 0.25) is 0 Å². The number of aliphatic hydroxyl groups is 2. The van der Waals surface area contributed by atoms with Gasteiger partial charge in [0.25, 0.3) is 5.91 Å². The molecule has 3 heterocycles. The molecule has 1 aromatic carbocycles. The Bertz CT molecular complexity index is 1350. The van der Waals surface area contributed by atoms with Crippen molar-refractivity contribution in [3.63, 3.8) is 0 Å². The molecule has 0 aliphatic carbocycles. The molecule has 0 saturated carbocycles. The van der Waals surface area contributed by atoms with Crippen LogP contribution in [0.1, 0.15) is 23.7 Å². The van der Waals surface area contributed by atoms with Gasteiger partial charge in [0.1, 0.15) is 34.7 Å². The van der Waals surface area contributed by atoms with Gasteiger partial charge in [-0.25, -0.2) is 13.8 Å². The van der Waals surface area contributed by atoms with E-state index in [9.17, 15) is 41.8 Å². The maximum Gasteiger partial charge on any atom is 0.408 e. The summed E-state index contributed by atoms with van der Waals surface area (Å²) >= 11 is 0. The number of halogens is 5. The number of β-amino-alcohol motifs (C(OH)–C–C–N with tert-alkyl or cyclic N) is 2. The van der Waals surface area contributed by atoms with E-state index >= 15 is 0 Å². The second kappa shape index (κ2) is 9.47. The van der Waals surface area contributed by atoms with E-state index in [4.69, 9.17) is 0 Å². The van der Waals surface area contributed by atoms with E-state index in [1.807, 2.05) is 0 Å². The van der Waals surface area contributed by atoms with Crippen molar-refractivity contribution in [3.05, 3.63) is 63.9 Å². The Balaban J connectivity index is 1.92. The molecular weight excluding hydrogens is 491 g/mol. The van der Waals surface area contributed by atoms with Gasteiger partial charge in [-0.05, 0) is 30.7 Å². The average molecular weight is 512 g/mol. The summed E-state index contributed by atoms with van der Waals surface area (Å²) in [5.74, 6) is -3.37. The molecule has 3 aromatic rings. The monoisotopic (exact) mass is 512 g/mol. The van der Waals surface area contributed by atoms with Crippen LogP contribution in [0.5, 0.6) is 0 Å². The van der Waals surface area contributed by atoms with Crippen LogP contribution in [0, 0.1) is 11.6 Å². The average Bonchev–Trinajstić information content (AvgIpc) is 3.15. The molecular formula is C23H21F5N4O4. The minimum Gasteiger partial charge on any atom is -0.389 e. The third-order valence-electron chi connectivity index (χ3n) is 5.95. The van der Waals surface area contributed by atoms with Gasteiger partial charge in [-0.1, -0.05) is 13.0 Å². The molecule has 1 fully saturated rings. The minimum atomic E-state index is -4.78. The van der Waals surface area contributed by atoms with Gasteiger partial charge >= 0.3 is 6.18 Å². The van der Waals surface area contributed by atoms with E-state index in [-0.39, 0.29) is 29.9 Å². The first-order chi connectivity index (χ1) is 16.9. The number of para-hydroxylation sites is 1. The molecule has 192 valence electrons. The molecule has 3 atom stereocenters. The molecule has 3 N–H and O–H groups in total. The molecule has 1 aliphatic rings. The summed E-state index contributed by atoms with van der Waals surface area (Å²) < 4.78 is 69.8. The summed E-state index contributed by atoms with van der Waals surface area (Å²) in [4.78, 5) is 31.6. The number of hydrogen-bond donors (Lipinski definition) is 3. The van der Waals surface area contributed by atoms with Crippen molar-refractivity contribution in [2.75, 3.05) is 18.0 Å². The first kappa shape index (κ1) is 25.5. The minimum absolute atomic E-state index is 0.00565. The van der Waals surface area contributed by atoms with E-state index in [1.165, 1.54) is 24.0 Å². The van der Waals surface area contributed by atoms with E-state index in [2.05, 4.69) is 4.98 Å². The van der Waals surface area contributed by atoms with Gasteiger partial charge < -0.3 is 20.4 Å². The van der Waals surface area contributed by atoms with Gasteiger partial charge in [-0.2, -0.15) is 13.2 Å². The van der Waals surface area contributed by atoms with Crippen LogP contribution in [0.15, 0.2) is 41.3 Å². The van der Waals surface area contributed by atoms with Crippen LogP contribution in [0.3, 0.4) is 0 Å². The lowest BCUT2D eigenvalue weighted by Gasteiger charge is -2.21. The summed E-state index contributed by atoms with van der Waals surface area (Å²) in [6.45, 7) is 1.19. The summed E-state index contributed by atoms with van der Waals surface area (Å²) in [7, 11) is 0. The normalized spacial score (nSPS) is 19.1. The number of aromatic nitrogens is 2. The van der Waals surface area contributed by atoms with Crippen molar-refractivity contribution < 1.29 is 37.0 Å². The molecule has 1 amide bonds. The highest BCUT2D eigenvalue weighted by atomic mass is 19.4. The number of pyridine rings is 2. The Morgan fingerprint density at radius 1 is 1.14 bits per heavy atom. The van der Waals surface area contributed by atoms with Gasteiger partial charge in [0.15, 0.2) is 5.65 Å². The van der Waals surface area contributed by atoms with Crippen molar-refractivity contribution >= 4 is 22.8 Å². The number of amides is 1. The van der Waals surface area contributed by atoms with Crippen molar-refractivity contribution in [2.24, 2.45) is 0 Å². The summed E-state index contributed by atoms with van der Waals surface area (Å²) in [5, 5.41) is 21.2. The Hall–Kier alpha value is -3.58. The number of anilines is 1. The van der Waals surface area contributed by atoms with Gasteiger partial charge in [-0.3, -0.25) is 14.2 Å². The predicted molar refractivity (Wildman–Crippen MR) is 119 cm³/mol. The molecule has 0 radical (unpaired) electrons. The Morgan fingerprint density at radius 2 is 1.75 bits per heavy atom. The maximum atomic E-state index is 14.7. The highest BCUT2D eigenvalue weighted by Gasteiger charge is 2.40. The van der Waals surface area contributed by atoms with Gasteiger partial charge in [0, 0.05) is 19.3 Å². The lowest BCUT2D eigenvalue weighted by molar-refractivity contribution is -0.153. The molecule has 0 spiro atoms. The van der Waals surface area contributed by atoms with Crippen molar-refractivity contribution in [1.29, 1.82) is 0 Å². The van der Waals surface area contributed by atoms with Crippen LogP contribution in [-0.4, -0.2) is 63.2 Å². The van der Waals surface area contributed by atoms with Crippen LogP contribution < -0.4 is 15.6 Å². The van der Waals surface area contributed by atoms with E-state index < -0.39 is 65.1 Å². The Kier molecular flexibility index (Phi) is 6.71. The number of rotatable bonds is 5. The van der Waals surface area contributed by atoms with Crippen molar-refractivity contribution in [1.82, 2.24) is 14.9 Å². The zero-order valence-electron chi connectivity index (χ0n) is 18.8. The van der Waals surface area contributed by atoms with Crippen LogP contribution in [0.25, 0.3) is 16.7 Å². The summed E-state index contributed by atoms with van der Waals surface area (Å²) in [6, 6.07) is 3.25. The number of fused-ring (bicyclic) bond motifs is 1. The molecule has 1 aliphatic heterocycles. The standard InChI is InChI=1S/C23H21F5N4O4/c1-2-17(23(26,27)28)29-22(36)12-8-32(19-13(24)4-3-5-14(19)25)21-11(20(12)35)6-7-18(30-21)31-9-15(33)16(34)10-31/h3-8,15-17,33-34H,2,9-10H2,1H3,(H,29,36)/t15-,16-,17+/m1/s1. The lowest BCUT2D eigenvalue weighted by Crippen LogP contribution is -2.46. The maximum absolute atomic E-state index is 14.7. The third-order valence-corrected chi connectivity index (χ3v) is 5.95. The predicted octanol–water partition coefficient (Wildman–Crippen LogP) is 2.28. The van der Waals surface area contributed by atoms with Gasteiger partial charge in [-0.15, -0.1) is 0 Å². The summed E-state index contributed by atoms with van der Waals surface area (Å²) in [6.07, 6.45) is -6.68. The number of alkyl halides is 3. The van der Waals surface area contributed by atoms with E-state index in [0.717, 1.165) is 29.0 Å². The zero-order chi connectivity index (χ0) is 26.4. The lowest BCUT2D eigenvalue weighted by atomic mass is 10.1. The first-order valence-electron chi connectivity index (χ1n) is 10.9. The third kappa shape index (κ3) is 4.63. The number of carbonyl (C=O) groups is 1. The molecule has 1 saturated heterocycles. The van der Waals surface area contributed by atoms with Crippen LogP contribution in [0.4, 0.5) is 27.8 Å². The van der Waals surface area contributed by atoms with Gasteiger partial charge in [0.05, 0.1) is 17.6 Å². The fourth-order valence-electron chi connectivity index (χ4n) is 4.03. The van der Waals surface area contributed by atoms with Crippen molar-refractivity contribution in [3.8, 4) is 5.69 Å². The second-order valence-electron chi connectivity index (χ2n) is 8.37. The highest BCUT2D eigenvalue weighted by Crippen LogP contribution is 2.26. The molecule has 8 nitrogen and oxygen atoms in total. The number of hydrogen-bond acceptors (Lipinski definition) is 6. The molecule has 13 heteroatoms. The fourth-order valence-corrected chi connectivity index (χ4v) is 4.03. The fraction of sp³-hybridized carbons (Fsp3) is 0.348. The number of aliphatic hydroxyl groups excluding tert-OH is 2. The molecule has 2 aromatic heterocycles. The number of nitrogens with one attached hydrogen (secondary N) is 1. The molecule has 0 bridgehead atoms. The van der Waals surface area contributed by atoms with Crippen LogP contribution >= 0.6 is 0 Å². The quantitative estimate of drug-likeness (QED) is 0.453. The van der Waals surface area contributed by atoms with E-state index in [1.54, 1.807) is 5.32 Å². The zero-order valence-corrected chi connectivity index (χ0v) is 18.8. The Morgan fingerprint density at radius 3 is 2.31 bits per heavy atom. The first-order valence-corrected chi connectivity index (χ1v) is 10.9. The highest BCUT2D eigenvalue weighted by molar-refractivity contribution is 5.97. The van der Waals surface area contributed by atoms with E-state index in [0.29, 0.717) is 0 Å². The topological polar surface area (TPSA) is 108 Å². The molecule has 4 rings (SSSR count). The van der Waals surface area contributed by atoms with Crippen LogP contribution in [-0.2, 0) is 0 Å². The Labute approximate surface area is 200 Å².